The molecule has 0 aliphatic heterocycles. The molecule has 134 valence electrons. The summed E-state index contributed by atoms with van der Waals surface area (Å²) < 4.78 is 1.82. The summed E-state index contributed by atoms with van der Waals surface area (Å²) in [6, 6.07) is 6.31. The number of aromatic nitrogens is 4. The van der Waals surface area contributed by atoms with Crippen LogP contribution in [0.4, 0.5) is 0 Å². The molecule has 2 aromatic rings. The minimum atomic E-state index is -0.424. The zero-order valence-electron chi connectivity index (χ0n) is 15.6. The van der Waals surface area contributed by atoms with Gasteiger partial charge in [-0.25, -0.2) is 0 Å². The van der Waals surface area contributed by atoms with Gasteiger partial charge in [-0.05, 0) is 60.4 Å². The average Bonchev–Trinajstić information content (AvgIpc) is 3.10. The monoisotopic (exact) mass is 341 g/mol. The average molecular weight is 341 g/mol. The highest BCUT2D eigenvalue weighted by molar-refractivity contribution is 5.76. The third kappa shape index (κ3) is 3.17. The number of amides is 1. The standard InChI is InChI=1S/C19H27N5O/c1-5-17(25)23(4)19(9-7-6-8-10-19)18-20-21-22-24(18)16-12-14(2)11-15(3)13-16/h11-13H,5-10H2,1-4H3. The van der Waals surface area contributed by atoms with Crippen LogP contribution in [0.25, 0.3) is 5.69 Å². The fraction of sp³-hybridized carbons (Fsp3) is 0.579. The molecule has 1 aromatic carbocycles. The van der Waals surface area contributed by atoms with Crippen molar-refractivity contribution < 1.29 is 4.79 Å². The molecule has 1 fully saturated rings. The van der Waals surface area contributed by atoms with Gasteiger partial charge in [0.15, 0.2) is 5.82 Å². The van der Waals surface area contributed by atoms with E-state index < -0.39 is 5.54 Å². The zero-order valence-corrected chi connectivity index (χ0v) is 15.6. The van der Waals surface area contributed by atoms with Crippen molar-refractivity contribution in [3.05, 3.63) is 35.2 Å². The van der Waals surface area contributed by atoms with Crippen LogP contribution in [0.1, 0.15) is 62.4 Å². The second-order valence-electron chi connectivity index (χ2n) is 7.16. The summed E-state index contributed by atoms with van der Waals surface area (Å²) in [5.41, 5.74) is 2.88. The summed E-state index contributed by atoms with van der Waals surface area (Å²) in [6.07, 6.45) is 5.66. The van der Waals surface area contributed by atoms with E-state index in [0.717, 1.165) is 37.2 Å². The van der Waals surface area contributed by atoms with E-state index in [9.17, 15) is 4.79 Å². The molecule has 0 N–H and O–H groups in total. The molecule has 1 aliphatic carbocycles. The maximum atomic E-state index is 12.5. The summed E-state index contributed by atoms with van der Waals surface area (Å²) in [7, 11) is 1.90. The van der Waals surface area contributed by atoms with Crippen LogP contribution < -0.4 is 0 Å². The van der Waals surface area contributed by atoms with Crippen molar-refractivity contribution in [2.45, 2.75) is 64.8 Å². The van der Waals surface area contributed by atoms with Gasteiger partial charge in [-0.15, -0.1) is 5.10 Å². The summed E-state index contributed by atoms with van der Waals surface area (Å²) >= 11 is 0. The molecule has 0 spiro atoms. The van der Waals surface area contributed by atoms with Crippen molar-refractivity contribution in [1.29, 1.82) is 0 Å². The summed E-state index contributed by atoms with van der Waals surface area (Å²) in [5.74, 6) is 0.915. The molecule has 0 radical (unpaired) electrons. The van der Waals surface area contributed by atoms with E-state index in [-0.39, 0.29) is 5.91 Å². The molecule has 1 aliphatic rings. The Bertz CT molecular complexity index is 741. The van der Waals surface area contributed by atoms with Crippen LogP contribution in [0, 0.1) is 13.8 Å². The van der Waals surface area contributed by atoms with Gasteiger partial charge in [0, 0.05) is 13.5 Å². The van der Waals surface area contributed by atoms with E-state index in [1.54, 1.807) is 0 Å². The minimum absolute atomic E-state index is 0.136. The van der Waals surface area contributed by atoms with Crippen molar-refractivity contribution in [1.82, 2.24) is 25.1 Å². The van der Waals surface area contributed by atoms with Crippen LogP contribution in [0.2, 0.25) is 0 Å². The number of tetrazole rings is 1. The van der Waals surface area contributed by atoms with Gasteiger partial charge in [-0.2, -0.15) is 4.68 Å². The van der Waals surface area contributed by atoms with E-state index >= 15 is 0 Å². The number of carbonyl (C=O) groups excluding carboxylic acids is 1. The van der Waals surface area contributed by atoms with Gasteiger partial charge >= 0.3 is 0 Å². The predicted octanol–water partition coefficient (Wildman–Crippen LogP) is 3.31. The van der Waals surface area contributed by atoms with Crippen LogP contribution in [0.15, 0.2) is 18.2 Å². The van der Waals surface area contributed by atoms with Crippen molar-refractivity contribution in [3.63, 3.8) is 0 Å². The first-order valence-corrected chi connectivity index (χ1v) is 9.12. The Hall–Kier alpha value is -2.24. The Labute approximate surface area is 149 Å². The zero-order chi connectivity index (χ0) is 18.0. The Morgan fingerprint density at radius 3 is 2.40 bits per heavy atom. The fourth-order valence-electron chi connectivity index (χ4n) is 4.05. The van der Waals surface area contributed by atoms with E-state index in [1.807, 2.05) is 23.6 Å². The number of benzene rings is 1. The van der Waals surface area contributed by atoms with Crippen molar-refractivity contribution in [2.75, 3.05) is 7.05 Å². The first-order valence-electron chi connectivity index (χ1n) is 9.12. The minimum Gasteiger partial charge on any atom is -0.333 e. The van der Waals surface area contributed by atoms with Crippen LogP contribution in [0.5, 0.6) is 0 Å². The number of rotatable bonds is 4. The maximum Gasteiger partial charge on any atom is 0.222 e. The predicted molar refractivity (Wildman–Crippen MR) is 96.5 cm³/mol. The SMILES string of the molecule is CCC(=O)N(C)C1(c2nnnn2-c2cc(C)cc(C)c2)CCCCC1. The molecule has 6 heteroatoms. The maximum absolute atomic E-state index is 12.5. The third-order valence-corrected chi connectivity index (χ3v) is 5.34. The summed E-state index contributed by atoms with van der Waals surface area (Å²) in [5, 5.41) is 12.6. The molecule has 3 rings (SSSR count). The number of nitrogens with zero attached hydrogens (tertiary/aromatic N) is 5. The lowest BCUT2D eigenvalue weighted by Gasteiger charge is -2.43. The largest absolute Gasteiger partial charge is 0.333 e. The molecule has 1 aromatic heterocycles. The molecule has 0 saturated heterocycles. The highest BCUT2D eigenvalue weighted by Crippen LogP contribution is 2.41. The molecule has 1 amide bonds. The van der Waals surface area contributed by atoms with Crippen LogP contribution >= 0.6 is 0 Å². The molecular weight excluding hydrogens is 314 g/mol. The molecule has 6 nitrogen and oxygen atoms in total. The number of carbonyl (C=O) groups is 1. The smallest absolute Gasteiger partial charge is 0.222 e. The number of hydrogen-bond donors (Lipinski definition) is 0. The highest BCUT2D eigenvalue weighted by Gasteiger charge is 2.44. The van der Waals surface area contributed by atoms with Crippen LogP contribution in [0.3, 0.4) is 0 Å². The normalized spacial score (nSPS) is 16.6. The first-order chi connectivity index (χ1) is 12.0. The topological polar surface area (TPSA) is 63.9 Å². The first kappa shape index (κ1) is 17.6. The Balaban J connectivity index is 2.12. The van der Waals surface area contributed by atoms with Crippen LogP contribution in [-0.2, 0) is 10.3 Å². The van der Waals surface area contributed by atoms with Gasteiger partial charge in [-0.3, -0.25) is 4.79 Å². The van der Waals surface area contributed by atoms with Gasteiger partial charge in [-0.1, -0.05) is 32.3 Å². The van der Waals surface area contributed by atoms with E-state index in [1.165, 1.54) is 17.5 Å². The fourth-order valence-corrected chi connectivity index (χ4v) is 4.05. The summed E-state index contributed by atoms with van der Waals surface area (Å²) in [6.45, 7) is 6.05. The van der Waals surface area contributed by atoms with Crippen molar-refractivity contribution in [2.24, 2.45) is 0 Å². The Morgan fingerprint density at radius 2 is 1.80 bits per heavy atom. The molecule has 1 heterocycles. The van der Waals surface area contributed by atoms with Gasteiger partial charge in [0.25, 0.3) is 0 Å². The van der Waals surface area contributed by atoms with E-state index in [0.29, 0.717) is 6.42 Å². The third-order valence-electron chi connectivity index (χ3n) is 5.34. The van der Waals surface area contributed by atoms with E-state index in [2.05, 4.69) is 47.6 Å². The molecule has 0 atom stereocenters. The number of hydrogen-bond acceptors (Lipinski definition) is 4. The number of aryl methyl sites for hydroxylation is 2. The molecule has 25 heavy (non-hydrogen) atoms. The molecule has 0 bridgehead atoms. The van der Waals surface area contributed by atoms with Crippen LogP contribution in [-0.4, -0.2) is 38.1 Å². The second kappa shape index (κ2) is 6.94. The van der Waals surface area contributed by atoms with Gasteiger partial charge in [0.05, 0.1) is 5.69 Å². The lowest BCUT2D eigenvalue weighted by molar-refractivity contribution is -0.137. The van der Waals surface area contributed by atoms with E-state index in [4.69, 9.17) is 0 Å². The molecular formula is C19H27N5O. The quantitative estimate of drug-likeness (QED) is 0.856. The van der Waals surface area contributed by atoms with Gasteiger partial charge in [0.2, 0.25) is 5.91 Å². The van der Waals surface area contributed by atoms with Gasteiger partial charge in [0.1, 0.15) is 5.54 Å². The van der Waals surface area contributed by atoms with Gasteiger partial charge < -0.3 is 4.90 Å². The summed E-state index contributed by atoms with van der Waals surface area (Å²) in [4.78, 5) is 14.4. The lowest BCUT2D eigenvalue weighted by atomic mass is 9.79. The molecule has 1 saturated carbocycles. The highest BCUT2D eigenvalue weighted by atomic mass is 16.2. The second-order valence-corrected chi connectivity index (χ2v) is 7.16. The van der Waals surface area contributed by atoms with Crippen molar-refractivity contribution in [3.8, 4) is 5.69 Å². The van der Waals surface area contributed by atoms with Crippen molar-refractivity contribution >= 4 is 5.91 Å². The lowest BCUT2D eigenvalue weighted by Crippen LogP contribution is -2.49. The Kier molecular flexibility index (Phi) is 4.88. The molecule has 0 unspecified atom stereocenters. The Morgan fingerprint density at radius 1 is 1.16 bits per heavy atom.